The van der Waals surface area contributed by atoms with E-state index in [1.807, 2.05) is 0 Å². The summed E-state index contributed by atoms with van der Waals surface area (Å²) in [6, 6.07) is 0.631. The molecule has 2 aliphatic rings. The first-order valence-electron chi connectivity index (χ1n) is 7.46. The minimum absolute atomic E-state index is 0.218. The number of morpholine rings is 1. The van der Waals surface area contributed by atoms with Crippen LogP contribution in [0.2, 0.25) is 0 Å². The van der Waals surface area contributed by atoms with Gasteiger partial charge in [0.2, 0.25) is 5.88 Å². The second kappa shape index (κ2) is 7.46. The molecule has 3 heterocycles. The van der Waals surface area contributed by atoms with Crippen LogP contribution in [0.1, 0.15) is 12.8 Å². The number of ether oxygens (including phenoxy) is 2. The van der Waals surface area contributed by atoms with Crippen molar-refractivity contribution in [3.05, 3.63) is 6.20 Å². The summed E-state index contributed by atoms with van der Waals surface area (Å²) in [5.74, 6) is 0.467. The minimum Gasteiger partial charge on any atom is -0.473 e. The van der Waals surface area contributed by atoms with E-state index in [1.54, 1.807) is 6.20 Å². The van der Waals surface area contributed by atoms with Crippen LogP contribution in [0.5, 0.6) is 5.88 Å². The highest BCUT2D eigenvalue weighted by atomic mass is 32.1. The predicted molar refractivity (Wildman–Crippen MR) is 78.6 cm³/mol. The molecule has 0 aliphatic carbocycles. The first-order chi connectivity index (χ1) is 10.3. The molecule has 2 fully saturated rings. The molecule has 0 bridgehead atoms. The summed E-state index contributed by atoms with van der Waals surface area (Å²) < 4.78 is 18.9. The van der Waals surface area contributed by atoms with Crippen molar-refractivity contribution in [2.45, 2.75) is 31.1 Å². The third kappa shape index (κ3) is 4.33. The lowest BCUT2D eigenvalue weighted by molar-refractivity contribution is -0.0479. The summed E-state index contributed by atoms with van der Waals surface area (Å²) in [5.41, 5.74) is 0. The Hall–Kier alpha value is -0.800. The van der Waals surface area contributed by atoms with Crippen LogP contribution in [0.3, 0.4) is 0 Å². The predicted octanol–water partition coefficient (Wildman–Crippen LogP) is -0.269. The molecule has 0 amide bonds. The average molecular weight is 314 g/mol. The van der Waals surface area contributed by atoms with Gasteiger partial charge >= 0.3 is 0 Å². The molecule has 3 rings (SSSR count). The molecule has 118 valence electrons. The molecule has 21 heavy (non-hydrogen) atoms. The van der Waals surface area contributed by atoms with Gasteiger partial charge in [0.25, 0.3) is 0 Å². The Morgan fingerprint density at radius 3 is 3.43 bits per heavy atom. The molecule has 3 atom stereocenters. The maximum Gasteiger partial charge on any atom is 0.245 e. The lowest BCUT2D eigenvalue weighted by Gasteiger charge is -2.35. The van der Waals surface area contributed by atoms with Gasteiger partial charge in [-0.1, -0.05) is 0 Å². The number of rotatable bonds is 7. The second-order valence-corrected chi connectivity index (χ2v) is 6.17. The van der Waals surface area contributed by atoms with Gasteiger partial charge in [0.1, 0.15) is 18.9 Å². The Morgan fingerprint density at radius 1 is 1.62 bits per heavy atom. The summed E-state index contributed by atoms with van der Waals surface area (Å²) in [5, 5.41) is 13.1. The molecular weight excluding hydrogens is 292 g/mol. The largest absolute Gasteiger partial charge is 0.473 e. The molecule has 1 aromatic heterocycles. The maximum absolute atomic E-state index is 9.84. The Bertz CT molecular complexity index is 420. The van der Waals surface area contributed by atoms with E-state index in [9.17, 15) is 5.11 Å². The van der Waals surface area contributed by atoms with Crippen molar-refractivity contribution in [1.82, 2.24) is 19.0 Å². The van der Waals surface area contributed by atoms with E-state index >= 15 is 0 Å². The minimum atomic E-state index is -0.560. The zero-order chi connectivity index (χ0) is 14.5. The number of hydrogen-bond donors (Lipinski definition) is 2. The summed E-state index contributed by atoms with van der Waals surface area (Å²) in [6.45, 7) is 4.50. The summed E-state index contributed by atoms with van der Waals surface area (Å²) in [7, 11) is 0. The average Bonchev–Trinajstić information content (AvgIpc) is 3.16. The Kier molecular flexibility index (Phi) is 5.37. The van der Waals surface area contributed by atoms with Crippen LogP contribution in [-0.4, -0.2) is 76.4 Å². The highest BCUT2D eigenvalue weighted by Gasteiger charge is 2.31. The molecule has 1 aromatic rings. The number of hydrogen-bond acceptors (Lipinski definition) is 8. The van der Waals surface area contributed by atoms with E-state index in [0.29, 0.717) is 18.5 Å². The first kappa shape index (κ1) is 15.1. The highest BCUT2D eigenvalue weighted by molar-refractivity contribution is 6.99. The zero-order valence-corrected chi connectivity index (χ0v) is 12.8. The second-order valence-electron chi connectivity index (χ2n) is 5.62. The van der Waals surface area contributed by atoms with Crippen LogP contribution in [0.4, 0.5) is 0 Å². The SMILES string of the molecule is OC(CNCC1CN2CCCC2CO1)COc1cnsn1. The number of aromatic nitrogens is 2. The van der Waals surface area contributed by atoms with E-state index in [-0.39, 0.29) is 12.7 Å². The maximum atomic E-state index is 9.84. The van der Waals surface area contributed by atoms with Crippen LogP contribution < -0.4 is 10.1 Å². The van der Waals surface area contributed by atoms with Crippen molar-refractivity contribution in [3.8, 4) is 5.88 Å². The van der Waals surface area contributed by atoms with E-state index < -0.39 is 6.10 Å². The third-order valence-corrected chi connectivity index (χ3v) is 4.44. The van der Waals surface area contributed by atoms with E-state index in [1.165, 1.54) is 19.4 Å². The van der Waals surface area contributed by atoms with Gasteiger partial charge in [-0.25, -0.2) is 0 Å². The number of nitrogens with zero attached hydrogens (tertiary/aromatic N) is 3. The summed E-state index contributed by atoms with van der Waals surface area (Å²) >= 11 is 1.09. The molecule has 2 N–H and O–H groups in total. The van der Waals surface area contributed by atoms with Gasteiger partial charge in [0, 0.05) is 25.7 Å². The van der Waals surface area contributed by atoms with E-state index in [2.05, 4.69) is 19.0 Å². The fourth-order valence-electron chi connectivity index (χ4n) is 2.88. The molecular formula is C13H22N4O3S. The molecule has 2 saturated heterocycles. The zero-order valence-electron chi connectivity index (χ0n) is 12.0. The Labute approximate surface area is 128 Å². The van der Waals surface area contributed by atoms with Gasteiger partial charge in [0.05, 0.1) is 24.4 Å². The van der Waals surface area contributed by atoms with E-state index in [4.69, 9.17) is 9.47 Å². The van der Waals surface area contributed by atoms with Crippen molar-refractivity contribution < 1.29 is 14.6 Å². The molecule has 0 spiro atoms. The summed E-state index contributed by atoms with van der Waals surface area (Å²) in [6.07, 6.45) is 3.76. The standard InChI is InChI=1S/C13H22N4O3S/c18-11(9-20-13-6-15-21-16-13)4-14-5-12-7-17-3-1-2-10(17)8-19-12/h6,10-12,14,18H,1-5,7-9H2. The number of nitrogens with one attached hydrogen (secondary N) is 1. The normalized spacial score (nSPS) is 27.5. The quantitative estimate of drug-likeness (QED) is 0.717. The topological polar surface area (TPSA) is 79.7 Å². The van der Waals surface area contributed by atoms with Crippen LogP contribution >= 0.6 is 11.7 Å². The molecule has 0 saturated carbocycles. The van der Waals surface area contributed by atoms with Gasteiger partial charge in [-0.2, -0.15) is 4.37 Å². The van der Waals surface area contributed by atoms with E-state index in [0.717, 1.165) is 31.4 Å². The van der Waals surface area contributed by atoms with Gasteiger partial charge in [0.15, 0.2) is 0 Å². The van der Waals surface area contributed by atoms with Crippen LogP contribution in [0.25, 0.3) is 0 Å². The van der Waals surface area contributed by atoms with Crippen molar-refractivity contribution in [3.63, 3.8) is 0 Å². The molecule has 7 nitrogen and oxygen atoms in total. The third-order valence-electron chi connectivity index (χ3n) is 3.98. The molecule has 3 unspecified atom stereocenters. The van der Waals surface area contributed by atoms with Gasteiger partial charge in [-0.05, 0) is 19.4 Å². The Balaban J connectivity index is 1.29. The van der Waals surface area contributed by atoms with Crippen molar-refractivity contribution in [1.29, 1.82) is 0 Å². The van der Waals surface area contributed by atoms with Crippen LogP contribution in [0.15, 0.2) is 6.20 Å². The van der Waals surface area contributed by atoms with Crippen molar-refractivity contribution >= 4 is 11.7 Å². The fraction of sp³-hybridized carbons (Fsp3) is 0.846. The number of aliphatic hydroxyl groups excluding tert-OH is 1. The monoisotopic (exact) mass is 314 g/mol. The molecule has 8 heteroatoms. The van der Waals surface area contributed by atoms with Crippen molar-refractivity contribution in [2.24, 2.45) is 0 Å². The van der Waals surface area contributed by atoms with Crippen LogP contribution in [-0.2, 0) is 4.74 Å². The number of aliphatic hydroxyl groups is 1. The van der Waals surface area contributed by atoms with Crippen molar-refractivity contribution in [2.75, 3.05) is 39.4 Å². The Morgan fingerprint density at radius 2 is 2.57 bits per heavy atom. The summed E-state index contributed by atoms with van der Waals surface area (Å²) in [4.78, 5) is 2.52. The lowest BCUT2D eigenvalue weighted by atomic mass is 10.2. The van der Waals surface area contributed by atoms with Gasteiger partial charge in [-0.15, -0.1) is 4.37 Å². The fourth-order valence-corrected chi connectivity index (χ4v) is 3.25. The smallest absolute Gasteiger partial charge is 0.245 e. The first-order valence-corrected chi connectivity index (χ1v) is 8.19. The number of fused-ring (bicyclic) bond motifs is 1. The van der Waals surface area contributed by atoms with Gasteiger partial charge < -0.3 is 19.9 Å². The lowest BCUT2D eigenvalue weighted by Crippen LogP contribution is -2.50. The molecule has 0 aromatic carbocycles. The highest BCUT2D eigenvalue weighted by Crippen LogP contribution is 2.22. The molecule has 0 radical (unpaired) electrons. The molecule has 2 aliphatic heterocycles. The van der Waals surface area contributed by atoms with Gasteiger partial charge in [-0.3, -0.25) is 4.90 Å². The van der Waals surface area contributed by atoms with Crippen LogP contribution in [0, 0.1) is 0 Å².